The number of benzene rings is 8. The van der Waals surface area contributed by atoms with E-state index >= 15 is 0 Å². The van der Waals surface area contributed by atoms with Crippen LogP contribution >= 0.6 is 0 Å². The van der Waals surface area contributed by atoms with Crippen molar-refractivity contribution >= 4 is 43.7 Å². The molecule has 266 valence electrons. The van der Waals surface area contributed by atoms with Gasteiger partial charge in [-0.1, -0.05) is 152 Å². The van der Waals surface area contributed by atoms with E-state index < -0.39 is 0 Å². The lowest BCUT2D eigenvalue weighted by atomic mass is 9.89. The third-order valence-corrected chi connectivity index (χ3v) is 11.5. The standard InChI is InChI=1S/C52H32N4O/c1-4-15-32(16-5-1)46-36-21-10-11-22-37(36)48-40(46)29-30-43-49(48)38-23-12-13-25-42(38)56(43)35-27-28-39-45(31-35)57-44-26-14-24-41(47(39)44)52-54-50(33-17-6-2-7-18-33)53-51(55-52)34-19-8-3-9-20-34/h1-31,46H. The minimum atomic E-state index is 0.182. The van der Waals surface area contributed by atoms with Crippen molar-refractivity contribution in [2.75, 3.05) is 0 Å². The molecule has 5 heteroatoms. The van der Waals surface area contributed by atoms with Crippen molar-refractivity contribution in [3.8, 4) is 51.0 Å². The van der Waals surface area contributed by atoms with Gasteiger partial charge in [-0.05, 0) is 58.1 Å². The Bertz CT molecular complexity index is 3290. The summed E-state index contributed by atoms with van der Waals surface area (Å²) < 4.78 is 9.10. The van der Waals surface area contributed by atoms with E-state index in [2.05, 4.69) is 120 Å². The van der Waals surface area contributed by atoms with Crippen molar-refractivity contribution in [1.29, 1.82) is 0 Å². The molecule has 0 saturated heterocycles. The first-order chi connectivity index (χ1) is 28.3. The van der Waals surface area contributed by atoms with E-state index in [1.54, 1.807) is 0 Å². The monoisotopic (exact) mass is 728 g/mol. The van der Waals surface area contributed by atoms with Crippen LogP contribution in [0.1, 0.15) is 22.6 Å². The Kier molecular flexibility index (Phi) is 6.92. The van der Waals surface area contributed by atoms with Crippen LogP contribution in [0.25, 0.3) is 94.7 Å². The molecular weight excluding hydrogens is 697 g/mol. The summed E-state index contributed by atoms with van der Waals surface area (Å²) in [4.78, 5) is 15.1. The van der Waals surface area contributed by atoms with Crippen LogP contribution in [0.5, 0.6) is 0 Å². The summed E-state index contributed by atoms with van der Waals surface area (Å²) in [5.41, 5.74) is 14.4. The molecule has 0 amide bonds. The largest absolute Gasteiger partial charge is 0.456 e. The average molecular weight is 729 g/mol. The second kappa shape index (κ2) is 12.4. The first kappa shape index (κ1) is 31.7. The van der Waals surface area contributed by atoms with Crippen molar-refractivity contribution < 1.29 is 4.42 Å². The Hall–Kier alpha value is -7.63. The maximum Gasteiger partial charge on any atom is 0.164 e. The Balaban J connectivity index is 1.05. The molecule has 3 heterocycles. The fraction of sp³-hybridized carbons (Fsp3) is 0.0192. The van der Waals surface area contributed by atoms with E-state index in [-0.39, 0.29) is 5.92 Å². The molecule has 0 N–H and O–H groups in total. The highest BCUT2D eigenvalue weighted by Crippen LogP contribution is 2.52. The average Bonchev–Trinajstić information content (AvgIpc) is 3.94. The summed E-state index contributed by atoms with van der Waals surface area (Å²) in [6.07, 6.45) is 0. The van der Waals surface area contributed by atoms with Crippen molar-refractivity contribution in [1.82, 2.24) is 19.5 Å². The van der Waals surface area contributed by atoms with Crippen LogP contribution in [0, 0.1) is 0 Å². The summed E-state index contributed by atoms with van der Waals surface area (Å²) in [6, 6.07) is 66.1. The molecule has 1 atom stereocenters. The molecule has 0 saturated carbocycles. The normalized spacial score (nSPS) is 13.4. The molecule has 0 bridgehead atoms. The van der Waals surface area contributed by atoms with Gasteiger partial charge in [-0.25, -0.2) is 15.0 Å². The predicted octanol–water partition coefficient (Wildman–Crippen LogP) is 13.0. The van der Waals surface area contributed by atoms with Crippen LogP contribution in [-0.4, -0.2) is 19.5 Å². The van der Waals surface area contributed by atoms with Crippen molar-refractivity contribution in [2.24, 2.45) is 0 Å². The van der Waals surface area contributed by atoms with Crippen LogP contribution < -0.4 is 0 Å². The van der Waals surface area contributed by atoms with Gasteiger partial charge in [0, 0.05) is 55.9 Å². The van der Waals surface area contributed by atoms with Gasteiger partial charge in [0.15, 0.2) is 17.5 Å². The van der Waals surface area contributed by atoms with Gasteiger partial charge in [-0.15, -0.1) is 0 Å². The summed E-state index contributed by atoms with van der Waals surface area (Å²) in [5, 5.41) is 4.50. The van der Waals surface area contributed by atoms with E-state index in [0.29, 0.717) is 17.5 Å². The first-order valence-electron chi connectivity index (χ1n) is 19.3. The van der Waals surface area contributed by atoms with Gasteiger partial charge in [0.05, 0.1) is 11.0 Å². The van der Waals surface area contributed by atoms with Gasteiger partial charge in [-0.3, -0.25) is 0 Å². The summed E-state index contributed by atoms with van der Waals surface area (Å²) in [6.45, 7) is 0. The summed E-state index contributed by atoms with van der Waals surface area (Å²) >= 11 is 0. The van der Waals surface area contributed by atoms with Crippen molar-refractivity contribution in [3.05, 3.63) is 205 Å². The molecule has 1 aliphatic rings. The van der Waals surface area contributed by atoms with Crippen LogP contribution in [0.4, 0.5) is 0 Å². The predicted molar refractivity (Wildman–Crippen MR) is 231 cm³/mol. The number of hydrogen-bond donors (Lipinski definition) is 0. The molecule has 3 aromatic heterocycles. The highest BCUT2D eigenvalue weighted by Gasteiger charge is 2.33. The Labute approximate surface area is 328 Å². The zero-order valence-corrected chi connectivity index (χ0v) is 30.7. The molecular formula is C52H32N4O. The first-order valence-corrected chi connectivity index (χ1v) is 19.3. The van der Waals surface area contributed by atoms with Crippen LogP contribution in [0.2, 0.25) is 0 Å². The van der Waals surface area contributed by atoms with Crippen LogP contribution in [0.3, 0.4) is 0 Å². The molecule has 0 aliphatic heterocycles. The highest BCUT2D eigenvalue weighted by molar-refractivity contribution is 6.18. The highest BCUT2D eigenvalue weighted by atomic mass is 16.3. The van der Waals surface area contributed by atoms with Gasteiger partial charge >= 0.3 is 0 Å². The van der Waals surface area contributed by atoms with Gasteiger partial charge in [0.1, 0.15) is 11.2 Å². The Morgan fingerprint density at radius 2 is 1.07 bits per heavy atom. The molecule has 1 aliphatic carbocycles. The maximum absolute atomic E-state index is 6.71. The van der Waals surface area contributed by atoms with Gasteiger partial charge in [0.2, 0.25) is 0 Å². The van der Waals surface area contributed by atoms with Crippen molar-refractivity contribution in [2.45, 2.75) is 5.92 Å². The molecule has 0 fully saturated rings. The lowest BCUT2D eigenvalue weighted by Crippen LogP contribution is -2.00. The van der Waals surface area contributed by atoms with Gasteiger partial charge in [0.25, 0.3) is 0 Å². The lowest BCUT2D eigenvalue weighted by Gasteiger charge is -2.14. The fourth-order valence-corrected chi connectivity index (χ4v) is 9.10. The molecule has 0 radical (unpaired) electrons. The van der Waals surface area contributed by atoms with E-state index in [1.807, 2.05) is 72.8 Å². The molecule has 0 spiro atoms. The lowest BCUT2D eigenvalue weighted by molar-refractivity contribution is 0.668. The third kappa shape index (κ3) is 4.85. The second-order valence-electron chi connectivity index (χ2n) is 14.7. The SMILES string of the molecule is c1ccc(-c2nc(-c3ccccc3)nc(-c3cccc4oc5cc(-n6c7ccccc7c7c8c(ccc76)C(c6ccccc6)c6ccccc6-8)ccc5c34)n2)cc1. The molecule has 11 aromatic rings. The van der Waals surface area contributed by atoms with E-state index in [0.717, 1.165) is 49.8 Å². The minimum Gasteiger partial charge on any atom is -0.456 e. The smallest absolute Gasteiger partial charge is 0.164 e. The zero-order valence-electron chi connectivity index (χ0n) is 30.7. The second-order valence-corrected chi connectivity index (χ2v) is 14.7. The third-order valence-electron chi connectivity index (χ3n) is 11.5. The minimum absolute atomic E-state index is 0.182. The number of fused-ring (bicyclic) bond motifs is 10. The number of rotatable bonds is 5. The quantitative estimate of drug-likeness (QED) is 0.177. The van der Waals surface area contributed by atoms with Gasteiger partial charge in [-0.2, -0.15) is 0 Å². The molecule has 1 unspecified atom stereocenters. The Morgan fingerprint density at radius 3 is 1.84 bits per heavy atom. The van der Waals surface area contributed by atoms with Crippen LogP contribution in [-0.2, 0) is 0 Å². The summed E-state index contributed by atoms with van der Waals surface area (Å²) in [5.74, 6) is 2.04. The van der Waals surface area contributed by atoms with E-state index in [9.17, 15) is 0 Å². The maximum atomic E-state index is 6.71. The zero-order chi connectivity index (χ0) is 37.5. The number of aromatic nitrogens is 4. The molecule has 5 nitrogen and oxygen atoms in total. The van der Waals surface area contributed by atoms with E-state index in [4.69, 9.17) is 19.4 Å². The van der Waals surface area contributed by atoms with Crippen LogP contribution in [0.15, 0.2) is 192 Å². The number of hydrogen-bond acceptors (Lipinski definition) is 4. The molecule has 12 rings (SSSR count). The molecule has 8 aromatic carbocycles. The number of furan rings is 1. The van der Waals surface area contributed by atoms with E-state index in [1.165, 1.54) is 44.1 Å². The van der Waals surface area contributed by atoms with Gasteiger partial charge < -0.3 is 8.98 Å². The topological polar surface area (TPSA) is 56.7 Å². The Morgan fingerprint density at radius 1 is 0.421 bits per heavy atom. The summed E-state index contributed by atoms with van der Waals surface area (Å²) in [7, 11) is 0. The number of para-hydroxylation sites is 1. The fourth-order valence-electron chi connectivity index (χ4n) is 9.10. The molecule has 57 heavy (non-hydrogen) atoms. The van der Waals surface area contributed by atoms with Crippen molar-refractivity contribution in [3.63, 3.8) is 0 Å². The number of nitrogens with zero attached hydrogens (tertiary/aromatic N) is 4.